The van der Waals surface area contributed by atoms with Gasteiger partial charge in [0.25, 0.3) is 0 Å². The molecule has 0 bridgehead atoms. The van der Waals surface area contributed by atoms with Crippen LogP contribution in [0.3, 0.4) is 0 Å². The third kappa shape index (κ3) is 4.46. The lowest BCUT2D eigenvalue weighted by molar-refractivity contribution is 0.811. The molecule has 0 aliphatic rings. The summed E-state index contributed by atoms with van der Waals surface area (Å²) >= 11 is 0. The summed E-state index contributed by atoms with van der Waals surface area (Å²) < 4.78 is 0. The van der Waals surface area contributed by atoms with Crippen molar-refractivity contribution >= 4 is 6.08 Å². The van der Waals surface area contributed by atoms with Gasteiger partial charge in [-0.05, 0) is 35.6 Å². The van der Waals surface area contributed by atoms with Crippen molar-refractivity contribution in [1.82, 2.24) is 0 Å². The van der Waals surface area contributed by atoms with Crippen molar-refractivity contribution < 1.29 is 0 Å². The van der Waals surface area contributed by atoms with Crippen molar-refractivity contribution in [2.24, 2.45) is 5.73 Å². The topological polar surface area (TPSA) is 26.0 Å². The van der Waals surface area contributed by atoms with Crippen LogP contribution in [-0.4, -0.2) is 0 Å². The van der Waals surface area contributed by atoms with Crippen molar-refractivity contribution in [1.29, 1.82) is 0 Å². The summed E-state index contributed by atoms with van der Waals surface area (Å²) in [6.45, 7) is 2.70. The van der Waals surface area contributed by atoms with Gasteiger partial charge in [-0.1, -0.05) is 96.6 Å². The van der Waals surface area contributed by atoms with Crippen molar-refractivity contribution in [3.63, 3.8) is 0 Å². The average molecular weight is 327 g/mol. The standard InChI is InChI=1S/C24H25N/c1-19-9-7-10-20(17-19)11-8-16-23(21-12-3-2-4-13-21)24-15-6-5-14-22(24)18-25/h2-15,17,23H,16,18,25H2,1H3. The molecule has 25 heavy (non-hydrogen) atoms. The van der Waals surface area contributed by atoms with E-state index in [2.05, 4.69) is 97.9 Å². The second-order valence-electron chi connectivity index (χ2n) is 6.42. The Hall–Kier alpha value is -2.64. The Morgan fingerprint density at radius 2 is 1.64 bits per heavy atom. The fraction of sp³-hybridized carbons (Fsp3) is 0.167. The minimum absolute atomic E-state index is 0.321. The van der Waals surface area contributed by atoms with E-state index in [4.69, 9.17) is 5.73 Å². The molecule has 1 nitrogen and oxygen atoms in total. The summed E-state index contributed by atoms with van der Waals surface area (Å²) in [5.74, 6) is 0.321. The molecule has 0 saturated heterocycles. The van der Waals surface area contributed by atoms with E-state index >= 15 is 0 Å². The Morgan fingerprint density at radius 1 is 0.880 bits per heavy atom. The van der Waals surface area contributed by atoms with Crippen LogP contribution in [0.2, 0.25) is 0 Å². The van der Waals surface area contributed by atoms with Crippen LogP contribution >= 0.6 is 0 Å². The first kappa shape index (κ1) is 17.2. The maximum atomic E-state index is 5.98. The van der Waals surface area contributed by atoms with E-state index < -0.39 is 0 Å². The van der Waals surface area contributed by atoms with Crippen LogP contribution in [0.25, 0.3) is 6.08 Å². The number of hydrogen-bond donors (Lipinski definition) is 1. The molecule has 1 unspecified atom stereocenters. The molecular weight excluding hydrogens is 302 g/mol. The minimum atomic E-state index is 0.321. The largest absolute Gasteiger partial charge is 0.326 e. The molecule has 0 spiro atoms. The monoisotopic (exact) mass is 327 g/mol. The quantitative estimate of drug-likeness (QED) is 0.618. The summed E-state index contributed by atoms with van der Waals surface area (Å²) in [4.78, 5) is 0. The summed E-state index contributed by atoms with van der Waals surface area (Å²) in [6.07, 6.45) is 5.45. The Labute approximate surface area is 150 Å². The third-order valence-corrected chi connectivity index (χ3v) is 4.58. The van der Waals surface area contributed by atoms with Crippen LogP contribution in [-0.2, 0) is 6.54 Å². The zero-order valence-corrected chi connectivity index (χ0v) is 14.7. The maximum Gasteiger partial charge on any atom is 0.0181 e. The first-order valence-corrected chi connectivity index (χ1v) is 8.84. The van der Waals surface area contributed by atoms with E-state index in [1.54, 1.807) is 0 Å². The highest BCUT2D eigenvalue weighted by molar-refractivity contribution is 5.51. The van der Waals surface area contributed by atoms with Gasteiger partial charge in [-0.3, -0.25) is 0 Å². The molecule has 0 saturated carbocycles. The van der Waals surface area contributed by atoms with Gasteiger partial charge in [0.05, 0.1) is 0 Å². The molecule has 3 aromatic rings. The zero-order valence-electron chi connectivity index (χ0n) is 14.7. The first-order chi connectivity index (χ1) is 12.3. The van der Waals surface area contributed by atoms with Crippen molar-refractivity contribution in [3.05, 3.63) is 113 Å². The highest BCUT2D eigenvalue weighted by Crippen LogP contribution is 2.31. The number of allylic oxidation sites excluding steroid dienone is 1. The second kappa shape index (κ2) is 8.46. The molecule has 0 heterocycles. The van der Waals surface area contributed by atoms with Gasteiger partial charge in [-0.2, -0.15) is 0 Å². The lowest BCUT2D eigenvalue weighted by Crippen LogP contribution is -2.07. The molecule has 2 N–H and O–H groups in total. The van der Waals surface area contributed by atoms with E-state index in [9.17, 15) is 0 Å². The lowest BCUT2D eigenvalue weighted by atomic mass is 9.85. The Kier molecular flexibility index (Phi) is 5.81. The average Bonchev–Trinajstić information content (AvgIpc) is 2.66. The number of hydrogen-bond acceptors (Lipinski definition) is 1. The van der Waals surface area contributed by atoms with E-state index in [0.29, 0.717) is 12.5 Å². The molecule has 3 rings (SSSR count). The van der Waals surface area contributed by atoms with Gasteiger partial charge in [0.2, 0.25) is 0 Å². The zero-order chi connectivity index (χ0) is 17.5. The second-order valence-corrected chi connectivity index (χ2v) is 6.42. The van der Waals surface area contributed by atoms with Crippen LogP contribution in [0.15, 0.2) is 84.9 Å². The molecular formula is C24H25N. The number of rotatable bonds is 6. The van der Waals surface area contributed by atoms with E-state index in [1.165, 1.54) is 27.8 Å². The molecule has 0 fully saturated rings. The molecule has 3 aromatic carbocycles. The molecule has 0 radical (unpaired) electrons. The van der Waals surface area contributed by atoms with Gasteiger partial charge in [-0.15, -0.1) is 0 Å². The van der Waals surface area contributed by atoms with Crippen molar-refractivity contribution in [3.8, 4) is 0 Å². The van der Waals surface area contributed by atoms with Gasteiger partial charge < -0.3 is 5.73 Å². The number of aryl methyl sites for hydroxylation is 1. The van der Waals surface area contributed by atoms with E-state index in [-0.39, 0.29) is 0 Å². The molecule has 0 aromatic heterocycles. The Morgan fingerprint density at radius 3 is 2.40 bits per heavy atom. The molecule has 126 valence electrons. The Balaban J connectivity index is 1.90. The summed E-state index contributed by atoms with van der Waals surface area (Å²) in [7, 11) is 0. The lowest BCUT2D eigenvalue weighted by Gasteiger charge is -2.19. The van der Waals surface area contributed by atoms with Gasteiger partial charge >= 0.3 is 0 Å². The van der Waals surface area contributed by atoms with Gasteiger partial charge in [0.15, 0.2) is 0 Å². The fourth-order valence-electron chi connectivity index (χ4n) is 3.30. The van der Waals surface area contributed by atoms with E-state index in [0.717, 1.165) is 6.42 Å². The summed E-state index contributed by atoms with van der Waals surface area (Å²) in [5.41, 5.74) is 12.4. The molecule has 0 aliphatic heterocycles. The predicted octanol–water partition coefficient (Wildman–Crippen LogP) is 5.69. The minimum Gasteiger partial charge on any atom is -0.326 e. The van der Waals surface area contributed by atoms with Crippen LogP contribution in [0, 0.1) is 6.92 Å². The SMILES string of the molecule is Cc1cccc(C=CCC(c2ccccc2)c2ccccc2CN)c1. The summed E-state index contributed by atoms with van der Waals surface area (Å²) in [6, 6.07) is 27.8. The van der Waals surface area contributed by atoms with Crippen LogP contribution in [0.4, 0.5) is 0 Å². The Bertz CT molecular complexity index is 833. The number of benzene rings is 3. The van der Waals surface area contributed by atoms with Crippen LogP contribution in [0.5, 0.6) is 0 Å². The normalized spacial score (nSPS) is 12.4. The van der Waals surface area contributed by atoms with Crippen LogP contribution in [0.1, 0.15) is 40.2 Å². The highest BCUT2D eigenvalue weighted by atomic mass is 14.5. The van der Waals surface area contributed by atoms with Gasteiger partial charge in [0.1, 0.15) is 0 Å². The highest BCUT2D eigenvalue weighted by Gasteiger charge is 2.15. The fourth-order valence-corrected chi connectivity index (χ4v) is 3.30. The molecule has 1 heteroatoms. The van der Waals surface area contributed by atoms with Crippen molar-refractivity contribution in [2.75, 3.05) is 0 Å². The number of nitrogens with two attached hydrogens (primary N) is 1. The molecule has 0 amide bonds. The smallest absolute Gasteiger partial charge is 0.0181 e. The van der Waals surface area contributed by atoms with E-state index in [1.807, 2.05) is 0 Å². The van der Waals surface area contributed by atoms with Gasteiger partial charge in [-0.25, -0.2) is 0 Å². The summed E-state index contributed by atoms with van der Waals surface area (Å²) in [5, 5.41) is 0. The predicted molar refractivity (Wildman–Crippen MR) is 107 cm³/mol. The van der Waals surface area contributed by atoms with Crippen molar-refractivity contribution in [2.45, 2.75) is 25.8 Å². The third-order valence-electron chi connectivity index (χ3n) is 4.58. The maximum absolute atomic E-state index is 5.98. The van der Waals surface area contributed by atoms with Gasteiger partial charge in [0, 0.05) is 12.5 Å². The van der Waals surface area contributed by atoms with Crippen LogP contribution < -0.4 is 5.73 Å². The first-order valence-electron chi connectivity index (χ1n) is 8.84. The molecule has 0 aliphatic carbocycles. The molecule has 1 atom stereocenters.